The van der Waals surface area contributed by atoms with Gasteiger partial charge in [0, 0.05) is 5.69 Å². The van der Waals surface area contributed by atoms with E-state index in [0.717, 1.165) is 16.8 Å². The van der Waals surface area contributed by atoms with E-state index in [9.17, 15) is 9.59 Å². The van der Waals surface area contributed by atoms with E-state index in [2.05, 4.69) is 5.32 Å². The molecule has 2 amide bonds. The van der Waals surface area contributed by atoms with Gasteiger partial charge in [0.2, 0.25) is 0 Å². The summed E-state index contributed by atoms with van der Waals surface area (Å²) in [6.07, 6.45) is 0.133. The summed E-state index contributed by atoms with van der Waals surface area (Å²) in [6.45, 7) is 6.54. The van der Waals surface area contributed by atoms with Crippen molar-refractivity contribution in [3.63, 3.8) is 0 Å². The summed E-state index contributed by atoms with van der Waals surface area (Å²) in [6, 6.07) is 12.8. The summed E-state index contributed by atoms with van der Waals surface area (Å²) < 4.78 is 10.8. The van der Waals surface area contributed by atoms with E-state index in [-0.39, 0.29) is 24.5 Å². The van der Waals surface area contributed by atoms with E-state index in [1.54, 1.807) is 24.0 Å². The number of hydrogen-bond acceptors (Lipinski definition) is 4. The van der Waals surface area contributed by atoms with E-state index >= 15 is 0 Å². The van der Waals surface area contributed by atoms with Gasteiger partial charge in [0.15, 0.2) is 0 Å². The lowest BCUT2D eigenvalue weighted by atomic mass is 10.1. The molecule has 0 unspecified atom stereocenters. The molecule has 0 saturated carbocycles. The number of hydrogen-bond donors (Lipinski definition) is 1. The van der Waals surface area contributed by atoms with Gasteiger partial charge in [-0.1, -0.05) is 18.2 Å². The van der Waals surface area contributed by atoms with Crippen LogP contribution >= 0.6 is 0 Å². The number of carbonyl (C=O) groups is 2. The minimum atomic E-state index is -0.261. The molecule has 2 aromatic rings. The fourth-order valence-corrected chi connectivity index (χ4v) is 3.02. The van der Waals surface area contributed by atoms with Crippen LogP contribution in [0.1, 0.15) is 25.0 Å². The molecule has 1 atom stereocenters. The Morgan fingerprint density at radius 3 is 2.67 bits per heavy atom. The zero-order valence-corrected chi connectivity index (χ0v) is 15.8. The highest BCUT2D eigenvalue weighted by Gasteiger charge is 2.27. The average molecular weight is 368 g/mol. The largest absolute Gasteiger partial charge is 0.487 e. The number of fused-ring (bicyclic) bond motifs is 1. The zero-order chi connectivity index (χ0) is 19.4. The van der Waals surface area contributed by atoms with Crippen molar-refractivity contribution in [2.24, 2.45) is 0 Å². The molecule has 6 nitrogen and oxygen atoms in total. The lowest BCUT2D eigenvalue weighted by Crippen LogP contribution is -2.44. The van der Waals surface area contributed by atoms with Gasteiger partial charge >= 0.3 is 12.0 Å². The van der Waals surface area contributed by atoms with Crippen molar-refractivity contribution >= 4 is 23.4 Å². The highest BCUT2D eigenvalue weighted by Crippen LogP contribution is 2.34. The van der Waals surface area contributed by atoms with Gasteiger partial charge in [-0.05, 0) is 56.2 Å². The second-order valence-corrected chi connectivity index (χ2v) is 6.62. The number of amides is 2. The molecular weight excluding hydrogens is 344 g/mol. The van der Waals surface area contributed by atoms with Crippen LogP contribution in [0.4, 0.5) is 16.2 Å². The van der Waals surface area contributed by atoms with Gasteiger partial charge in [0.05, 0.1) is 25.3 Å². The number of benzene rings is 2. The Morgan fingerprint density at radius 1 is 1.22 bits per heavy atom. The number of esters is 1. The van der Waals surface area contributed by atoms with Crippen LogP contribution < -0.4 is 15.0 Å². The third-order valence-corrected chi connectivity index (χ3v) is 4.28. The fourth-order valence-electron chi connectivity index (χ4n) is 3.02. The van der Waals surface area contributed by atoms with Crippen LogP contribution in [0.15, 0.2) is 42.5 Å². The van der Waals surface area contributed by atoms with Crippen LogP contribution in [-0.4, -0.2) is 31.3 Å². The van der Waals surface area contributed by atoms with Crippen molar-refractivity contribution < 1.29 is 19.1 Å². The summed E-state index contributed by atoms with van der Waals surface area (Å²) in [4.78, 5) is 26.1. The maximum absolute atomic E-state index is 12.8. The second kappa shape index (κ2) is 8.12. The first-order chi connectivity index (χ1) is 13.0. The molecule has 0 fully saturated rings. The summed E-state index contributed by atoms with van der Waals surface area (Å²) in [5, 5.41) is 2.91. The molecule has 1 aliphatic rings. The molecule has 1 N–H and O–H groups in total. The Labute approximate surface area is 159 Å². The first-order valence-corrected chi connectivity index (χ1v) is 9.06. The number of nitrogens with one attached hydrogen (secondary N) is 1. The average Bonchev–Trinajstić information content (AvgIpc) is 2.63. The van der Waals surface area contributed by atoms with Crippen LogP contribution in [0, 0.1) is 6.92 Å². The number of ether oxygens (including phenoxy) is 2. The molecule has 0 spiro atoms. The van der Waals surface area contributed by atoms with Crippen molar-refractivity contribution in [2.45, 2.75) is 33.3 Å². The smallest absolute Gasteiger partial charge is 0.326 e. The number of anilines is 2. The molecule has 0 saturated heterocycles. The van der Waals surface area contributed by atoms with Gasteiger partial charge in [-0.15, -0.1) is 0 Å². The number of nitrogens with zero attached hydrogens (tertiary/aromatic N) is 1. The maximum Gasteiger partial charge on any atom is 0.326 e. The number of aryl methyl sites for hydroxylation is 1. The predicted octanol–water partition coefficient (Wildman–Crippen LogP) is 3.92. The molecule has 2 aromatic carbocycles. The van der Waals surface area contributed by atoms with Crippen LogP contribution in [0.5, 0.6) is 5.75 Å². The van der Waals surface area contributed by atoms with Crippen LogP contribution in [-0.2, 0) is 16.0 Å². The number of rotatable bonds is 4. The summed E-state index contributed by atoms with van der Waals surface area (Å²) in [7, 11) is 0. The minimum Gasteiger partial charge on any atom is -0.487 e. The molecule has 3 rings (SSSR count). The van der Waals surface area contributed by atoms with E-state index in [1.165, 1.54) is 0 Å². The SMILES string of the molecule is CCOC(=O)Cc1ccc(NC(=O)N2C[C@H](C)Oc3ccc(C)cc32)cc1. The van der Waals surface area contributed by atoms with Crippen molar-refractivity contribution in [1.82, 2.24) is 0 Å². The Hall–Kier alpha value is -3.02. The molecule has 27 heavy (non-hydrogen) atoms. The summed E-state index contributed by atoms with van der Waals surface area (Å²) >= 11 is 0. The van der Waals surface area contributed by atoms with Crippen LogP contribution in [0.3, 0.4) is 0 Å². The third-order valence-electron chi connectivity index (χ3n) is 4.28. The van der Waals surface area contributed by atoms with Gasteiger partial charge in [0.1, 0.15) is 11.9 Å². The third kappa shape index (κ3) is 4.58. The first kappa shape index (κ1) is 18.8. The Morgan fingerprint density at radius 2 is 1.96 bits per heavy atom. The van der Waals surface area contributed by atoms with Crippen molar-refractivity contribution in [3.05, 3.63) is 53.6 Å². The summed E-state index contributed by atoms with van der Waals surface area (Å²) in [5.74, 6) is 0.447. The van der Waals surface area contributed by atoms with E-state index in [4.69, 9.17) is 9.47 Å². The maximum atomic E-state index is 12.8. The van der Waals surface area contributed by atoms with E-state index in [1.807, 2.05) is 44.2 Å². The lowest BCUT2D eigenvalue weighted by molar-refractivity contribution is -0.142. The normalized spacial score (nSPS) is 15.5. The van der Waals surface area contributed by atoms with Crippen LogP contribution in [0.25, 0.3) is 0 Å². The molecule has 0 aliphatic carbocycles. The lowest BCUT2D eigenvalue weighted by Gasteiger charge is -2.33. The molecule has 142 valence electrons. The molecule has 6 heteroatoms. The molecular formula is C21H24N2O4. The topological polar surface area (TPSA) is 67.9 Å². The highest BCUT2D eigenvalue weighted by atomic mass is 16.5. The second-order valence-electron chi connectivity index (χ2n) is 6.62. The van der Waals surface area contributed by atoms with E-state index in [0.29, 0.717) is 24.6 Å². The van der Waals surface area contributed by atoms with Gasteiger partial charge in [-0.25, -0.2) is 4.79 Å². The minimum absolute atomic E-state index is 0.0853. The van der Waals surface area contributed by atoms with Crippen molar-refractivity contribution in [2.75, 3.05) is 23.4 Å². The molecule has 0 bridgehead atoms. The monoisotopic (exact) mass is 368 g/mol. The predicted molar refractivity (Wildman–Crippen MR) is 104 cm³/mol. The number of carbonyl (C=O) groups excluding carboxylic acids is 2. The molecule has 0 aromatic heterocycles. The molecule has 1 heterocycles. The Balaban J connectivity index is 1.70. The van der Waals surface area contributed by atoms with Crippen LogP contribution in [0.2, 0.25) is 0 Å². The van der Waals surface area contributed by atoms with Gasteiger partial charge in [-0.2, -0.15) is 0 Å². The van der Waals surface area contributed by atoms with E-state index < -0.39 is 0 Å². The standard InChI is InChI=1S/C21H24N2O4/c1-4-26-20(24)12-16-6-8-17(9-7-16)22-21(25)23-13-15(3)27-19-10-5-14(2)11-18(19)23/h5-11,15H,4,12-13H2,1-3H3,(H,22,25)/t15-/m0/s1. The Kier molecular flexibility index (Phi) is 5.64. The quantitative estimate of drug-likeness (QED) is 0.831. The van der Waals surface area contributed by atoms with Gasteiger partial charge in [0.25, 0.3) is 0 Å². The highest BCUT2D eigenvalue weighted by molar-refractivity contribution is 6.03. The van der Waals surface area contributed by atoms with Crippen molar-refractivity contribution in [3.8, 4) is 5.75 Å². The Bertz CT molecular complexity index is 833. The molecule has 0 radical (unpaired) electrons. The van der Waals surface area contributed by atoms with Crippen molar-refractivity contribution in [1.29, 1.82) is 0 Å². The number of urea groups is 1. The van der Waals surface area contributed by atoms with Gasteiger partial charge in [-0.3, -0.25) is 9.69 Å². The first-order valence-electron chi connectivity index (χ1n) is 9.06. The summed E-state index contributed by atoms with van der Waals surface area (Å²) in [5.41, 5.74) is 3.34. The zero-order valence-electron chi connectivity index (χ0n) is 15.8. The van der Waals surface area contributed by atoms with Gasteiger partial charge < -0.3 is 14.8 Å². The fraction of sp³-hybridized carbons (Fsp3) is 0.333. The molecule has 1 aliphatic heterocycles.